The molecule has 12 heavy (non-hydrogen) atoms. The number of nitrogens with one attached hydrogen (secondary N) is 1. The quantitative estimate of drug-likeness (QED) is 0.581. The van der Waals surface area contributed by atoms with Gasteiger partial charge in [0.05, 0.1) is 0 Å². The van der Waals surface area contributed by atoms with Crippen molar-refractivity contribution in [2.24, 2.45) is 17.3 Å². The molecule has 2 unspecified atom stereocenters. The van der Waals surface area contributed by atoms with Crippen molar-refractivity contribution in [2.75, 3.05) is 26.3 Å². The summed E-state index contributed by atoms with van der Waals surface area (Å²) in [6.45, 7) is 4.59. The first-order valence-electron chi connectivity index (χ1n) is 5.20. The first-order valence-corrected chi connectivity index (χ1v) is 5.20. The van der Waals surface area contributed by atoms with Gasteiger partial charge in [-0.05, 0) is 49.6 Å². The Balaban J connectivity index is 1.80. The fourth-order valence-electron chi connectivity index (χ4n) is 3.56. The van der Waals surface area contributed by atoms with E-state index < -0.39 is 0 Å². The van der Waals surface area contributed by atoms with Crippen molar-refractivity contribution >= 4 is 0 Å². The average Bonchev–Trinajstić information content (AvgIpc) is 2.20. The van der Waals surface area contributed by atoms with Gasteiger partial charge in [0.25, 0.3) is 0 Å². The van der Waals surface area contributed by atoms with Crippen LogP contribution in [0.15, 0.2) is 0 Å². The van der Waals surface area contributed by atoms with Crippen LogP contribution in [0.5, 0.6) is 0 Å². The number of piperidine rings is 2. The molecule has 3 fully saturated rings. The Morgan fingerprint density at radius 2 is 1.75 bits per heavy atom. The van der Waals surface area contributed by atoms with E-state index in [1.165, 1.54) is 32.4 Å². The summed E-state index contributed by atoms with van der Waals surface area (Å²) in [6.07, 6.45) is 4.17. The Morgan fingerprint density at radius 3 is 2.33 bits per heavy atom. The highest BCUT2D eigenvalue weighted by atomic mass is 16.5. The van der Waals surface area contributed by atoms with Crippen LogP contribution in [0.1, 0.15) is 19.3 Å². The highest BCUT2D eigenvalue weighted by molar-refractivity contribution is 5.07. The van der Waals surface area contributed by atoms with Crippen LogP contribution in [-0.4, -0.2) is 26.3 Å². The first kappa shape index (κ1) is 7.34. The lowest BCUT2D eigenvalue weighted by Gasteiger charge is -2.61. The summed E-state index contributed by atoms with van der Waals surface area (Å²) in [4.78, 5) is 0. The summed E-state index contributed by atoms with van der Waals surface area (Å²) in [5.74, 6) is 1.97. The second kappa shape index (κ2) is 2.46. The minimum atomic E-state index is 0.726. The molecule has 3 aliphatic rings. The summed E-state index contributed by atoms with van der Waals surface area (Å²) in [6, 6.07) is 0. The molecule has 2 atom stereocenters. The van der Waals surface area contributed by atoms with Crippen molar-refractivity contribution in [1.82, 2.24) is 5.32 Å². The van der Waals surface area contributed by atoms with Crippen molar-refractivity contribution in [3.05, 3.63) is 0 Å². The molecular formula is C10H17NO. The number of hydrogen-bond acceptors (Lipinski definition) is 2. The van der Waals surface area contributed by atoms with Crippen molar-refractivity contribution in [3.63, 3.8) is 0 Å². The van der Waals surface area contributed by atoms with Gasteiger partial charge in [0.1, 0.15) is 0 Å². The Hall–Kier alpha value is -0.0800. The Kier molecular flexibility index (Phi) is 1.50. The third-order valence-corrected chi connectivity index (χ3v) is 4.40. The molecule has 0 amide bonds. The van der Waals surface area contributed by atoms with Gasteiger partial charge in [-0.2, -0.15) is 0 Å². The Bertz CT molecular complexity index is 170. The van der Waals surface area contributed by atoms with E-state index in [9.17, 15) is 0 Å². The van der Waals surface area contributed by atoms with Crippen LogP contribution >= 0.6 is 0 Å². The van der Waals surface area contributed by atoms with Crippen LogP contribution in [0.2, 0.25) is 0 Å². The SMILES string of the molecule is C1CC2(CCO1)C1CNCC2C1. The molecular weight excluding hydrogens is 150 g/mol. The van der Waals surface area contributed by atoms with E-state index in [0.29, 0.717) is 0 Å². The van der Waals surface area contributed by atoms with Gasteiger partial charge in [-0.3, -0.25) is 0 Å². The predicted molar refractivity (Wildman–Crippen MR) is 47.0 cm³/mol. The molecule has 2 heteroatoms. The minimum Gasteiger partial charge on any atom is -0.381 e. The maximum Gasteiger partial charge on any atom is 0.0471 e. The molecule has 1 saturated carbocycles. The Morgan fingerprint density at radius 1 is 1.08 bits per heavy atom. The van der Waals surface area contributed by atoms with Crippen LogP contribution in [0.25, 0.3) is 0 Å². The van der Waals surface area contributed by atoms with Crippen molar-refractivity contribution in [3.8, 4) is 0 Å². The zero-order chi connectivity index (χ0) is 8.02. The van der Waals surface area contributed by atoms with Crippen LogP contribution in [0.4, 0.5) is 0 Å². The lowest BCUT2D eigenvalue weighted by atomic mass is 9.48. The predicted octanol–water partition coefficient (Wildman–Crippen LogP) is 1.02. The van der Waals surface area contributed by atoms with Gasteiger partial charge >= 0.3 is 0 Å². The van der Waals surface area contributed by atoms with Crippen LogP contribution in [0, 0.1) is 17.3 Å². The smallest absolute Gasteiger partial charge is 0.0471 e. The maximum atomic E-state index is 5.45. The topological polar surface area (TPSA) is 21.3 Å². The van der Waals surface area contributed by atoms with E-state index in [2.05, 4.69) is 5.32 Å². The average molecular weight is 167 g/mol. The van der Waals surface area contributed by atoms with Gasteiger partial charge in [-0.25, -0.2) is 0 Å². The molecule has 3 rings (SSSR count). The van der Waals surface area contributed by atoms with Gasteiger partial charge in [0.2, 0.25) is 0 Å². The van der Waals surface area contributed by atoms with E-state index in [1.54, 1.807) is 0 Å². The standard InChI is InChI=1S/C10H17NO/c1-3-12-4-2-10(1)8-5-9(10)7-11-6-8/h8-9,11H,1-7H2. The van der Waals surface area contributed by atoms with Gasteiger partial charge in [-0.15, -0.1) is 0 Å². The highest BCUT2D eigenvalue weighted by Crippen LogP contribution is 2.58. The van der Waals surface area contributed by atoms with Crippen LogP contribution in [0.3, 0.4) is 0 Å². The molecule has 1 spiro atoms. The molecule has 2 nitrogen and oxygen atoms in total. The fourth-order valence-corrected chi connectivity index (χ4v) is 3.56. The van der Waals surface area contributed by atoms with Crippen molar-refractivity contribution in [1.29, 1.82) is 0 Å². The molecule has 2 bridgehead atoms. The van der Waals surface area contributed by atoms with Gasteiger partial charge in [0, 0.05) is 13.2 Å². The van der Waals surface area contributed by atoms with E-state index >= 15 is 0 Å². The van der Waals surface area contributed by atoms with Gasteiger partial charge in [-0.1, -0.05) is 0 Å². The molecule has 2 heterocycles. The molecule has 0 aromatic heterocycles. The third kappa shape index (κ3) is 0.775. The number of ether oxygens (including phenoxy) is 1. The first-order chi connectivity index (χ1) is 5.92. The van der Waals surface area contributed by atoms with Gasteiger partial charge < -0.3 is 10.1 Å². The van der Waals surface area contributed by atoms with Crippen LogP contribution < -0.4 is 5.32 Å². The summed E-state index contributed by atoms with van der Waals surface area (Å²) in [5, 5.41) is 3.52. The summed E-state index contributed by atoms with van der Waals surface area (Å²) >= 11 is 0. The highest BCUT2D eigenvalue weighted by Gasteiger charge is 2.56. The van der Waals surface area contributed by atoms with Crippen molar-refractivity contribution < 1.29 is 4.74 Å². The second-order valence-electron chi connectivity index (χ2n) is 4.63. The Labute approximate surface area is 73.7 Å². The molecule has 2 aliphatic heterocycles. The molecule has 0 aromatic rings. The monoisotopic (exact) mass is 167 g/mol. The summed E-state index contributed by atoms with van der Waals surface area (Å²) in [7, 11) is 0. The van der Waals surface area contributed by atoms with E-state index in [-0.39, 0.29) is 0 Å². The molecule has 2 saturated heterocycles. The van der Waals surface area contributed by atoms with Crippen molar-refractivity contribution in [2.45, 2.75) is 19.3 Å². The zero-order valence-corrected chi connectivity index (χ0v) is 7.51. The number of rotatable bonds is 0. The normalized spacial score (nSPS) is 44.0. The fraction of sp³-hybridized carbons (Fsp3) is 1.00. The minimum absolute atomic E-state index is 0.726. The summed E-state index contributed by atoms with van der Waals surface area (Å²) < 4.78 is 5.45. The second-order valence-corrected chi connectivity index (χ2v) is 4.63. The van der Waals surface area contributed by atoms with Crippen LogP contribution in [-0.2, 0) is 4.74 Å². The van der Waals surface area contributed by atoms with E-state index in [1.807, 2.05) is 0 Å². The lowest BCUT2D eigenvalue weighted by molar-refractivity contribution is -0.143. The number of hydrogen-bond donors (Lipinski definition) is 1. The maximum absolute atomic E-state index is 5.45. The van der Waals surface area contributed by atoms with E-state index in [0.717, 1.165) is 30.5 Å². The summed E-state index contributed by atoms with van der Waals surface area (Å²) in [5.41, 5.74) is 0.726. The third-order valence-electron chi connectivity index (χ3n) is 4.40. The molecule has 68 valence electrons. The molecule has 0 aromatic carbocycles. The van der Waals surface area contributed by atoms with E-state index in [4.69, 9.17) is 4.74 Å². The molecule has 1 N–H and O–H groups in total. The zero-order valence-electron chi connectivity index (χ0n) is 7.51. The lowest BCUT2D eigenvalue weighted by Crippen LogP contribution is -2.62. The van der Waals surface area contributed by atoms with Gasteiger partial charge in [0.15, 0.2) is 0 Å². The largest absolute Gasteiger partial charge is 0.381 e. The molecule has 1 aliphatic carbocycles. The molecule has 0 radical (unpaired) electrons.